The van der Waals surface area contributed by atoms with Crippen LogP contribution in [0.15, 0.2) is 0 Å². The summed E-state index contributed by atoms with van der Waals surface area (Å²) in [6.07, 6.45) is 1.97. The van der Waals surface area contributed by atoms with Crippen molar-refractivity contribution in [3.63, 3.8) is 0 Å². The Hall–Kier alpha value is -2.10. The molecule has 2 saturated heterocycles. The molecule has 0 spiro atoms. The molecule has 2 aliphatic heterocycles. The zero-order chi connectivity index (χ0) is 16.3. The molecule has 2 rings (SSSR count). The zero-order valence-corrected chi connectivity index (χ0v) is 13.1. The Morgan fingerprint density at radius 2 is 2.05 bits per heavy atom. The number of amides is 4. The van der Waals surface area contributed by atoms with Crippen molar-refractivity contribution in [1.29, 1.82) is 5.26 Å². The van der Waals surface area contributed by atoms with Crippen LogP contribution >= 0.6 is 0 Å². The topological polar surface area (TPSA) is 93.5 Å². The summed E-state index contributed by atoms with van der Waals surface area (Å²) >= 11 is 0. The fourth-order valence-electron chi connectivity index (χ4n) is 2.82. The number of urea groups is 1. The summed E-state index contributed by atoms with van der Waals surface area (Å²) in [5, 5.41) is 11.7. The van der Waals surface area contributed by atoms with Crippen molar-refractivity contribution < 1.29 is 14.4 Å². The maximum absolute atomic E-state index is 12.3. The monoisotopic (exact) mass is 306 g/mol. The molecule has 120 valence electrons. The Bertz CT molecular complexity index is 517. The van der Waals surface area contributed by atoms with Crippen LogP contribution < -0.4 is 5.32 Å². The van der Waals surface area contributed by atoms with Gasteiger partial charge >= 0.3 is 6.03 Å². The lowest BCUT2D eigenvalue weighted by molar-refractivity contribution is -0.137. The van der Waals surface area contributed by atoms with Gasteiger partial charge in [-0.1, -0.05) is 6.92 Å². The number of likely N-dealkylation sites (tertiary alicyclic amines) is 1. The average Bonchev–Trinajstić information content (AvgIpc) is 2.76. The molecule has 0 aromatic heterocycles. The van der Waals surface area contributed by atoms with E-state index in [9.17, 15) is 14.4 Å². The summed E-state index contributed by atoms with van der Waals surface area (Å²) in [7, 11) is 0. The molecule has 0 aromatic rings. The molecule has 2 heterocycles. The maximum atomic E-state index is 12.3. The van der Waals surface area contributed by atoms with E-state index in [0.717, 1.165) is 0 Å². The summed E-state index contributed by atoms with van der Waals surface area (Å²) in [4.78, 5) is 38.9. The van der Waals surface area contributed by atoms with Gasteiger partial charge in [-0.05, 0) is 26.2 Å². The molecular weight excluding hydrogens is 284 g/mol. The fourth-order valence-corrected chi connectivity index (χ4v) is 2.82. The molecule has 7 heteroatoms. The van der Waals surface area contributed by atoms with Crippen molar-refractivity contribution >= 4 is 17.8 Å². The maximum Gasteiger partial charge on any atom is 0.324 e. The third kappa shape index (κ3) is 3.21. The van der Waals surface area contributed by atoms with Gasteiger partial charge in [-0.3, -0.25) is 14.5 Å². The second kappa shape index (κ2) is 6.34. The van der Waals surface area contributed by atoms with Crippen molar-refractivity contribution in [3.05, 3.63) is 0 Å². The standard InChI is InChI=1S/C15H22N4O3/c1-3-6-19-13(21)11(17-14(19)22)9-12(20)18-7-4-15(2,10-16)5-8-18/h11H,3-9H2,1-2H3,(H,17,22)/t11-/m0/s1. The minimum Gasteiger partial charge on any atom is -0.343 e. The fraction of sp³-hybridized carbons (Fsp3) is 0.733. The highest BCUT2D eigenvalue weighted by Gasteiger charge is 2.40. The molecule has 1 N–H and O–H groups in total. The third-order valence-corrected chi connectivity index (χ3v) is 4.42. The Balaban J connectivity index is 1.90. The van der Waals surface area contributed by atoms with E-state index in [0.29, 0.717) is 38.9 Å². The van der Waals surface area contributed by atoms with E-state index >= 15 is 0 Å². The van der Waals surface area contributed by atoms with Crippen LogP contribution in [0.2, 0.25) is 0 Å². The molecule has 4 amide bonds. The van der Waals surface area contributed by atoms with Gasteiger partial charge in [0.05, 0.1) is 17.9 Å². The number of imide groups is 1. The first kappa shape index (κ1) is 16.3. The van der Waals surface area contributed by atoms with Gasteiger partial charge in [-0.15, -0.1) is 0 Å². The molecule has 1 atom stereocenters. The van der Waals surface area contributed by atoms with Crippen LogP contribution in [0.3, 0.4) is 0 Å². The average molecular weight is 306 g/mol. The van der Waals surface area contributed by atoms with Crippen LogP contribution in [0.25, 0.3) is 0 Å². The molecular formula is C15H22N4O3. The van der Waals surface area contributed by atoms with Gasteiger partial charge < -0.3 is 10.2 Å². The first-order valence-corrected chi connectivity index (χ1v) is 7.71. The number of carbonyl (C=O) groups excluding carboxylic acids is 3. The number of piperidine rings is 1. The Morgan fingerprint density at radius 3 is 2.59 bits per heavy atom. The van der Waals surface area contributed by atoms with Crippen LogP contribution in [0.1, 0.15) is 39.5 Å². The molecule has 2 aliphatic rings. The van der Waals surface area contributed by atoms with E-state index in [4.69, 9.17) is 5.26 Å². The lowest BCUT2D eigenvalue weighted by atomic mass is 9.82. The normalized spacial score (nSPS) is 24.1. The summed E-state index contributed by atoms with van der Waals surface area (Å²) < 4.78 is 0. The Kier molecular flexibility index (Phi) is 4.69. The third-order valence-electron chi connectivity index (χ3n) is 4.42. The van der Waals surface area contributed by atoms with Crippen molar-refractivity contribution in [2.75, 3.05) is 19.6 Å². The van der Waals surface area contributed by atoms with Gasteiger partial charge in [-0.2, -0.15) is 5.26 Å². The minimum absolute atomic E-state index is 0.00590. The second-order valence-corrected chi connectivity index (χ2v) is 6.25. The van der Waals surface area contributed by atoms with Crippen molar-refractivity contribution in [1.82, 2.24) is 15.1 Å². The predicted molar refractivity (Wildman–Crippen MR) is 78.5 cm³/mol. The minimum atomic E-state index is -0.754. The number of hydrogen-bond acceptors (Lipinski definition) is 4. The van der Waals surface area contributed by atoms with E-state index in [1.54, 1.807) is 4.90 Å². The summed E-state index contributed by atoms with van der Waals surface area (Å²) in [5.74, 6) is -0.462. The number of nitrogens with zero attached hydrogens (tertiary/aromatic N) is 3. The number of hydrogen-bond donors (Lipinski definition) is 1. The molecule has 0 radical (unpaired) electrons. The highest BCUT2D eigenvalue weighted by Crippen LogP contribution is 2.30. The lowest BCUT2D eigenvalue weighted by Crippen LogP contribution is -2.44. The van der Waals surface area contributed by atoms with E-state index < -0.39 is 12.1 Å². The highest BCUT2D eigenvalue weighted by atomic mass is 16.2. The van der Waals surface area contributed by atoms with Gasteiger partial charge in [0.2, 0.25) is 5.91 Å². The molecule has 2 fully saturated rings. The Morgan fingerprint density at radius 1 is 1.41 bits per heavy atom. The number of carbonyl (C=O) groups is 3. The Labute approximate surface area is 130 Å². The number of nitriles is 1. The molecule has 7 nitrogen and oxygen atoms in total. The van der Waals surface area contributed by atoms with Crippen LogP contribution in [-0.2, 0) is 9.59 Å². The van der Waals surface area contributed by atoms with Crippen LogP contribution in [0, 0.1) is 16.7 Å². The van der Waals surface area contributed by atoms with Gasteiger partial charge in [0.1, 0.15) is 6.04 Å². The van der Waals surface area contributed by atoms with Crippen LogP contribution in [0.5, 0.6) is 0 Å². The SMILES string of the molecule is CCCN1C(=O)N[C@@H](CC(=O)N2CCC(C)(C#N)CC2)C1=O. The smallest absolute Gasteiger partial charge is 0.324 e. The van der Waals surface area contributed by atoms with Gasteiger partial charge in [0.15, 0.2) is 0 Å². The van der Waals surface area contributed by atoms with Crippen molar-refractivity contribution in [2.45, 2.75) is 45.6 Å². The van der Waals surface area contributed by atoms with E-state index in [1.807, 2.05) is 13.8 Å². The molecule has 22 heavy (non-hydrogen) atoms. The van der Waals surface area contributed by atoms with Crippen LogP contribution in [-0.4, -0.2) is 53.3 Å². The first-order chi connectivity index (χ1) is 10.4. The quantitative estimate of drug-likeness (QED) is 0.779. The van der Waals surface area contributed by atoms with E-state index in [-0.39, 0.29) is 23.7 Å². The van der Waals surface area contributed by atoms with Crippen molar-refractivity contribution in [2.24, 2.45) is 5.41 Å². The zero-order valence-electron chi connectivity index (χ0n) is 13.1. The lowest BCUT2D eigenvalue weighted by Gasteiger charge is -2.35. The largest absolute Gasteiger partial charge is 0.343 e. The first-order valence-electron chi connectivity index (χ1n) is 7.71. The highest BCUT2D eigenvalue weighted by molar-refractivity contribution is 6.05. The molecule has 0 saturated carbocycles. The molecule has 0 aromatic carbocycles. The van der Waals surface area contributed by atoms with Crippen molar-refractivity contribution in [3.8, 4) is 6.07 Å². The molecule has 0 bridgehead atoms. The van der Waals surface area contributed by atoms with Gasteiger partial charge in [0, 0.05) is 19.6 Å². The molecule has 0 unspecified atom stereocenters. The van der Waals surface area contributed by atoms with E-state index in [2.05, 4.69) is 11.4 Å². The van der Waals surface area contributed by atoms with Gasteiger partial charge in [-0.25, -0.2) is 4.79 Å². The summed E-state index contributed by atoms with van der Waals surface area (Å²) in [6, 6.07) is 1.12. The predicted octanol–water partition coefficient (Wildman–Crippen LogP) is 0.859. The number of rotatable bonds is 4. The van der Waals surface area contributed by atoms with Crippen LogP contribution in [0.4, 0.5) is 4.79 Å². The molecule has 0 aliphatic carbocycles. The second-order valence-electron chi connectivity index (χ2n) is 6.25. The van der Waals surface area contributed by atoms with Gasteiger partial charge in [0.25, 0.3) is 5.91 Å². The summed E-state index contributed by atoms with van der Waals surface area (Å²) in [5.41, 5.74) is -0.369. The van der Waals surface area contributed by atoms with E-state index in [1.165, 1.54) is 4.90 Å². The number of nitrogens with one attached hydrogen (secondary N) is 1. The summed E-state index contributed by atoms with van der Waals surface area (Å²) in [6.45, 7) is 5.21.